The Labute approximate surface area is 143 Å². The molecule has 1 aliphatic rings. The van der Waals surface area contributed by atoms with E-state index in [0.29, 0.717) is 0 Å². The summed E-state index contributed by atoms with van der Waals surface area (Å²) in [6.07, 6.45) is 1.12. The van der Waals surface area contributed by atoms with Crippen molar-refractivity contribution >= 4 is 59.2 Å². The lowest BCUT2D eigenvalue weighted by atomic mass is 10.1. The van der Waals surface area contributed by atoms with Crippen molar-refractivity contribution in [1.82, 2.24) is 0 Å². The molecule has 104 valence electrons. The van der Waals surface area contributed by atoms with Crippen molar-refractivity contribution in [3.8, 4) is 0 Å². The van der Waals surface area contributed by atoms with Crippen molar-refractivity contribution in [2.45, 2.75) is 13.0 Å². The molecule has 0 saturated heterocycles. The molecule has 0 bridgehead atoms. The zero-order valence-electron chi connectivity index (χ0n) is 10.6. The van der Waals surface area contributed by atoms with Crippen molar-refractivity contribution in [2.24, 2.45) is 0 Å². The van der Waals surface area contributed by atoms with E-state index in [-0.39, 0.29) is 0 Å². The van der Waals surface area contributed by atoms with Crippen LogP contribution in [0.4, 0.5) is 11.4 Å². The monoisotopic (exact) mass is 458 g/mol. The lowest BCUT2D eigenvalue weighted by Crippen LogP contribution is -2.04. The van der Waals surface area contributed by atoms with Crippen molar-refractivity contribution in [1.29, 1.82) is 0 Å². The van der Waals surface area contributed by atoms with Crippen molar-refractivity contribution in [3.05, 3.63) is 54.9 Å². The second-order valence-corrected chi connectivity index (χ2v) is 7.35. The van der Waals surface area contributed by atoms with Crippen LogP contribution in [0.5, 0.6) is 0 Å². The number of benzene rings is 2. The minimum atomic E-state index is 0.801. The molecule has 2 aromatic rings. The number of fused-ring (bicyclic) bond motifs is 1. The van der Waals surface area contributed by atoms with Gasteiger partial charge in [-0.3, -0.25) is 0 Å². The molecule has 1 heterocycles. The Hall–Kier alpha value is -0.520. The number of hydrogen-bond acceptors (Lipinski definition) is 2. The van der Waals surface area contributed by atoms with E-state index in [1.807, 2.05) is 12.1 Å². The summed E-state index contributed by atoms with van der Waals surface area (Å²) in [6, 6.07) is 10.6. The summed E-state index contributed by atoms with van der Waals surface area (Å²) in [6.45, 7) is 1.84. The van der Waals surface area contributed by atoms with E-state index < -0.39 is 0 Å². The third-order valence-electron chi connectivity index (χ3n) is 3.40. The van der Waals surface area contributed by atoms with E-state index in [1.165, 1.54) is 16.8 Å². The van der Waals surface area contributed by atoms with Crippen molar-refractivity contribution < 1.29 is 0 Å². The molecule has 0 saturated carbocycles. The second kappa shape index (κ2) is 6.08. The summed E-state index contributed by atoms with van der Waals surface area (Å²) in [7, 11) is 0. The molecule has 3 rings (SSSR count). The molecule has 0 unspecified atom stereocenters. The summed E-state index contributed by atoms with van der Waals surface area (Å²) in [5.74, 6) is 0. The maximum atomic E-state index is 3.60. The summed E-state index contributed by atoms with van der Waals surface area (Å²) < 4.78 is 3.13. The molecule has 0 atom stereocenters. The first-order chi connectivity index (χ1) is 9.65. The van der Waals surface area contributed by atoms with Crippen LogP contribution in [-0.2, 0) is 13.0 Å². The average Bonchev–Trinajstić information content (AvgIpc) is 2.86. The summed E-state index contributed by atoms with van der Waals surface area (Å²) in [4.78, 5) is 0. The topological polar surface area (TPSA) is 24.1 Å². The predicted octanol–water partition coefficient (Wildman–Crippen LogP) is 5.55. The second-order valence-electron chi connectivity index (χ2n) is 4.73. The van der Waals surface area contributed by atoms with Crippen LogP contribution in [0.15, 0.2) is 43.7 Å². The molecule has 0 aromatic heterocycles. The van der Waals surface area contributed by atoms with E-state index >= 15 is 0 Å². The number of anilines is 2. The van der Waals surface area contributed by atoms with Crippen LogP contribution in [0.25, 0.3) is 0 Å². The Bertz CT molecular complexity index is 633. The highest BCUT2D eigenvalue weighted by molar-refractivity contribution is 9.11. The van der Waals surface area contributed by atoms with Gasteiger partial charge in [-0.15, -0.1) is 0 Å². The Morgan fingerprint density at radius 2 is 1.85 bits per heavy atom. The van der Waals surface area contributed by atoms with Crippen molar-refractivity contribution in [2.75, 3.05) is 17.2 Å². The Morgan fingerprint density at radius 3 is 2.60 bits per heavy atom. The summed E-state index contributed by atoms with van der Waals surface area (Å²) in [5, 5.41) is 6.97. The first-order valence-corrected chi connectivity index (χ1v) is 8.76. The van der Waals surface area contributed by atoms with Gasteiger partial charge < -0.3 is 10.6 Å². The van der Waals surface area contributed by atoms with E-state index in [9.17, 15) is 0 Å². The fourth-order valence-corrected chi connectivity index (χ4v) is 4.99. The van der Waals surface area contributed by atoms with E-state index in [0.717, 1.165) is 38.6 Å². The molecule has 1 aliphatic heterocycles. The highest BCUT2D eigenvalue weighted by Crippen LogP contribution is 2.35. The van der Waals surface area contributed by atoms with E-state index in [2.05, 4.69) is 76.6 Å². The van der Waals surface area contributed by atoms with Crippen LogP contribution in [0, 0.1) is 0 Å². The molecule has 0 radical (unpaired) electrons. The molecular formula is C15H13Br3N2. The van der Waals surface area contributed by atoms with Gasteiger partial charge in [0.2, 0.25) is 0 Å². The first kappa shape index (κ1) is 14.4. The minimum Gasteiger partial charge on any atom is -0.384 e. The fraction of sp³-hybridized carbons (Fsp3) is 0.200. The van der Waals surface area contributed by atoms with Gasteiger partial charge in [0.05, 0.1) is 5.69 Å². The standard InChI is InChI=1S/C15H13Br3N2/c16-11-6-12(17)15(13(18)7-11)20-8-10-3-1-2-9-4-5-19-14(9)10/h1-3,6-7,19-20H,4-5,8H2. The molecular weight excluding hydrogens is 448 g/mol. The van der Waals surface area contributed by atoms with Crippen LogP contribution in [-0.4, -0.2) is 6.54 Å². The maximum Gasteiger partial charge on any atom is 0.0632 e. The molecule has 20 heavy (non-hydrogen) atoms. The third-order valence-corrected chi connectivity index (χ3v) is 5.10. The van der Waals surface area contributed by atoms with Gasteiger partial charge in [0, 0.05) is 32.2 Å². The van der Waals surface area contributed by atoms with E-state index in [1.54, 1.807) is 0 Å². The van der Waals surface area contributed by atoms with Gasteiger partial charge in [-0.25, -0.2) is 0 Å². The lowest BCUT2D eigenvalue weighted by molar-refractivity contribution is 1.11. The average molecular weight is 461 g/mol. The molecule has 2 aromatic carbocycles. The van der Waals surface area contributed by atoms with Gasteiger partial charge in [-0.05, 0) is 61.5 Å². The molecule has 2 nitrogen and oxygen atoms in total. The highest BCUT2D eigenvalue weighted by Gasteiger charge is 2.14. The van der Waals surface area contributed by atoms with Crippen LogP contribution >= 0.6 is 47.8 Å². The maximum absolute atomic E-state index is 3.60. The zero-order chi connectivity index (χ0) is 14.1. The van der Waals surface area contributed by atoms with Crippen LogP contribution in [0.1, 0.15) is 11.1 Å². The number of halogens is 3. The quantitative estimate of drug-likeness (QED) is 0.627. The summed E-state index contributed by atoms with van der Waals surface area (Å²) in [5.41, 5.74) is 5.09. The van der Waals surface area contributed by atoms with Gasteiger partial charge in [0.25, 0.3) is 0 Å². The van der Waals surface area contributed by atoms with Crippen LogP contribution < -0.4 is 10.6 Å². The van der Waals surface area contributed by atoms with E-state index in [4.69, 9.17) is 0 Å². The van der Waals surface area contributed by atoms with Crippen molar-refractivity contribution in [3.63, 3.8) is 0 Å². The van der Waals surface area contributed by atoms with Crippen LogP contribution in [0.3, 0.4) is 0 Å². The molecule has 0 amide bonds. The van der Waals surface area contributed by atoms with Gasteiger partial charge in [0.1, 0.15) is 0 Å². The van der Waals surface area contributed by atoms with Gasteiger partial charge >= 0.3 is 0 Å². The lowest BCUT2D eigenvalue weighted by Gasteiger charge is -2.14. The highest BCUT2D eigenvalue weighted by atomic mass is 79.9. The molecule has 2 N–H and O–H groups in total. The van der Waals surface area contributed by atoms with Gasteiger partial charge in [-0.1, -0.05) is 34.1 Å². The smallest absolute Gasteiger partial charge is 0.0632 e. The Morgan fingerprint density at radius 1 is 1.10 bits per heavy atom. The number of rotatable bonds is 3. The third kappa shape index (κ3) is 2.90. The summed E-state index contributed by atoms with van der Waals surface area (Å²) >= 11 is 10.7. The minimum absolute atomic E-state index is 0.801. The van der Waals surface area contributed by atoms with Gasteiger partial charge in [-0.2, -0.15) is 0 Å². The Balaban J connectivity index is 1.83. The normalized spacial score (nSPS) is 12.9. The SMILES string of the molecule is Brc1cc(Br)c(NCc2cccc3c2NCC3)c(Br)c1. The predicted molar refractivity (Wildman–Crippen MR) is 95.5 cm³/mol. The molecule has 0 spiro atoms. The Kier molecular flexibility index (Phi) is 4.38. The molecule has 5 heteroatoms. The van der Waals surface area contributed by atoms with Crippen LogP contribution in [0.2, 0.25) is 0 Å². The fourth-order valence-electron chi connectivity index (χ4n) is 2.45. The molecule has 0 aliphatic carbocycles. The number of para-hydroxylation sites is 1. The largest absolute Gasteiger partial charge is 0.384 e. The first-order valence-electron chi connectivity index (χ1n) is 6.38. The zero-order valence-corrected chi connectivity index (χ0v) is 15.4. The molecule has 0 fully saturated rings. The van der Waals surface area contributed by atoms with Gasteiger partial charge in [0.15, 0.2) is 0 Å². The number of hydrogen-bond donors (Lipinski definition) is 2. The number of nitrogens with one attached hydrogen (secondary N) is 2.